The highest BCUT2D eigenvalue weighted by Gasteiger charge is 2.22. The van der Waals surface area contributed by atoms with E-state index in [0.717, 1.165) is 17.3 Å². The van der Waals surface area contributed by atoms with Gasteiger partial charge in [0.15, 0.2) is 5.75 Å². The second-order valence-electron chi connectivity index (χ2n) is 6.10. The van der Waals surface area contributed by atoms with Gasteiger partial charge in [-0.05, 0) is 24.1 Å². The number of nitro groups is 1. The molecule has 1 heterocycles. The van der Waals surface area contributed by atoms with Crippen molar-refractivity contribution in [1.29, 1.82) is 0 Å². The maximum atomic E-state index is 11.6. The van der Waals surface area contributed by atoms with Crippen LogP contribution in [0.4, 0.5) is 11.6 Å². The molecular weight excluding hydrogens is 392 g/mol. The molecule has 30 heavy (non-hydrogen) atoms. The van der Waals surface area contributed by atoms with Crippen LogP contribution in [-0.4, -0.2) is 33.4 Å². The zero-order valence-corrected chi connectivity index (χ0v) is 16.2. The van der Waals surface area contributed by atoms with Crippen LogP contribution in [0.2, 0.25) is 0 Å². The minimum absolute atomic E-state index is 0.0223. The molecular formula is C19H18N6O5. The second-order valence-corrected chi connectivity index (χ2v) is 6.10. The number of ether oxygens (including phenoxy) is 2. The standard InChI is InChI=1S/C19H18N6O5/c1-12-5-3-4-6-14(12)11-30-18-15(25(27)28)7-13(8-16(18)29-2)9-20-23-19-22-17(26)10-21-24-19/h3-10H,11H2,1-2H3,(H2,22,23,24,26)/b20-9+. The Hall–Kier alpha value is -4.28. The third-order valence-corrected chi connectivity index (χ3v) is 4.07. The van der Waals surface area contributed by atoms with Gasteiger partial charge in [-0.25, -0.2) is 5.43 Å². The van der Waals surface area contributed by atoms with Crippen LogP contribution in [0.5, 0.6) is 11.5 Å². The van der Waals surface area contributed by atoms with E-state index in [0.29, 0.717) is 5.56 Å². The molecule has 2 aromatic carbocycles. The zero-order valence-electron chi connectivity index (χ0n) is 16.2. The first-order valence-corrected chi connectivity index (χ1v) is 8.72. The topological polar surface area (TPSA) is 145 Å². The Labute approximate surface area is 170 Å². The molecule has 0 amide bonds. The van der Waals surface area contributed by atoms with Crippen LogP contribution >= 0.6 is 0 Å². The molecule has 3 rings (SSSR count). The lowest BCUT2D eigenvalue weighted by molar-refractivity contribution is -0.386. The average Bonchev–Trinajstić information content (AvgIpc) is 2.73. The van der Waals surface area contributed by atoms with E-state index in [4.69, 9.17) is 9.47 Å². The summed E-state index contributed by atoms with van der Waals surface area (Å²) in [5.74, 6) is 0.236. The molecule has 0 aliphatic heterocycles. The Bertz CT molecular complexity index is 1140. The number of hydrogen-bond acceptors (Lipinski definition) is 9. The van der Waals surface area contributed by atoms with Gasteiger partial charge in [-0.1, -0.05) is 24.3 Å². The monoisotopic (exact) mass is 410 g/mol. The van der Waals surface area contributed by atoms with E-state index >= 15 is 0 Å². The van der Waals surface area contributed by atoms with Gasteiger partial charge in [0.05, 0.1) is 18.2 Å². The van der Waals surface area contributed by atoms with Gasteiger partial charge in [0.1, 0.15) is 12.8 Å². The van der Waals surface area contributed by atoms with Gasteiger partial charge in [-0.2, -0.15) is 5.10 Å². The predicted molar refractivity (Wildman–Crippen MR) is 109 cm³/mol. The largest absolute Gasteiger partial charge is 0.493 e. The van der Waals surface area contributed by atoms with Crippen LogP contribution < -0.4 is 20.5 Å². The van der Waals surface area contributed by atoms with Gasteiger partial charge in [0, 0.05) is 11.6 Å². The van der Waals surface area contributed by atoms with E-state index in [1.807, 2.05) is 31.2 Å². The number of benzene rings is 2. The Morgan fingerprint density at radius 1 is 1.33 bits per heavy atom. The minimum atomic E-state index is -0.555. The summed E-state index contributed by atoms with van der Waals surface area (Å²) >= 11 is 0. The summed E-state index contributed by atoms with van der Waals surface area (Å²) in [4.78, 5) is 24.6. The van der Waals surface area contributed by atoms with Gasteiger partial charge in [-0.15, -0.1) is 10.2 Å². The van der Waals surface area contributed by atoms with E-state index in [1.165, 1.54) is 19.4 Å². The fourth-order valence-corrected chi connectivity index (χ4v) is 2.57. The first-order chi connectivity index (χ1) is 14.5. The summed E-state index contributed by atoms with van der Waals surface area (Å²) in [5.41, 5.74) is 4.06. The fraction of sp³-hybridized carbons (Fsp3) is 0.158. The Morgan fingerprint density at radius 2 is 2.13 bits per heavy atom. The number of aryl methyl sites for hydroxylation is 1. The molecule has 0 fully saturated rings. The van der Waals surface area contributed by atoms with Crippen LogP contribution in [0, 0.1) is 17.0 Å². The number of nitrogens with zero attached hydrogens (tertiary/aromatic N) is 4. The Balaban J connectivity index is 1.85. The number of nitrogens with one attached hydrogen (secondary N) is 2. The maximum Gasteiger partial charge on any atom is 0.315 e. The van der Waals surface area contributed by atoms with E-state index < -0.39 is 10.5 Å². The maximum absolute atomic E-state index is 11.6. The van der Waals surface area contributed by atoms with Crippen molar-refractivity contribution in [3.05, 3.63) is 79.8 Å². The van der Waals surface area contributed by atoms with Crippen molar-refractivity contribution in [1.82, 2.24) is 15.2 Å². The van der Waals surface area contributed by atoms with Gasteiger partial charge in [-0.3, -0.25) is 19.9 Å². The van der Waals surface area contributed by atoms with Crippen molar-refractivity contribution in [2.24, 2.45) is 5.10 Å². The molecule has 0 atom stereocenters. The lowest BCUT2D eigenvalue weighted by Gasteiger charge is -2.13. The first-order valence-electron chi connectivity index (χ1n) is 8.72. The number of hydrogen-bond donors (Lipinski definition) is 2. The van der Waals surface area contributed by atoms with E-state index in [9.17, 15) is 14.9 Å². The molecule has 2 N–H and O–H groups in total. The van der Waals surface area contributed by atoms with Crippen molar-refractivity contribution < 1.29 is 14.4 Å². The number of aromatic amines is 1. The molecule has 0 aliphatic rings. The van der Waals surface area contributed by atoms with E-state index in [1.54, 1.807) is 6.07 Å². The van der Waals surface area contributed by atoms with Crippen molar-refractivity contribution in [3.63, 3.8) is 0 Å². The van der Waals surface area contributed by atoms with Gasteiger partial charge in [0.2, 0.25) is 11.7 Å². The SMILES string of the molecule is COc1cc(/C=N/Nc2nncc(=O)[nH]2)cc([N+](=O)[O-])c1OCc1ccccc1C. The predicted octanol–water partition coefficient (Wildman–Crippen LogP) is 2.42. The smallest absolute Gasteiger partial charge is 0.315 e. The van der Waals surface area contributed by atoms with Gasteiger partial charge in [0.25, 0.3) is 5.56 Å². The number of rotatable bonds is 8. The molecule has 0 saturated carbocycles. The summed E-state index contributed by atoms with van der Waals surface area (Å²) in [6, 6.07) is 10.4. The van der Waals surface area contributed by atoms with Crippen molar-refractivity contribution in [2.45, 2.75) is 13.5 Å². The quantitative estimate of drug-likeness (QED) is 0.327. The van der Waals surface area contributed by atoms with Crippen LogP contribution in [0.3, 0.4) is 0 Å². The number of methoxy groups -OCH3 is 1. The number of H-pyrrole nitrogens is 1. The number of anilines is 1. The van der Waals surface area contributed by atoms with Gasteiger partial charge >= 0.3 is 5.69 Å². The van der Waals surface area contributed by atoms with Crippen LogP contribution in [0.25, 0.3) is 0 Å². The molecule has 1 aromatic heterocycles. The average molecular weight is 410 g/mol. The molecule has 0 bridgehead atoms. The third kappa shape index (κ3) is 4.95. The van der Waals surface area contributed by atoms with Crippen molar-refractivity contribution in [3.8, 4) is 11.5 Å². The molecule has 0 radical (unpaired) electrons. The molecule has 154 valence electrons. The third-order valence-electron chi connectivity index (χ3n) is 4.07. The Kier molecular flexibility index (Phi) is 6.33. The van der Waals surface area contributed by atoms with E-state index in [-0.39, 0.29) is 29.7 Å². The number of nitro benzene ring substituents is 1. The van der Waals surface area contributed by atoms with Crippen molar-refractivity contribution in [2.75, 3.05) is 12.5 Å². The van der Waals surface area contributed by atoms with Crippen LogP contribution in [0.15, 0.2) is 52.5 Å². The van der Waals surface area contributed by atoms with Gasteiger partial charge < -0.3 is 9.47 Å². The molecule has 0 spiro atoms. The highest BCUT2D eigenvalue weighted by Crippen LogP contribution is 2.38. The first kappa shape index (κ1) is 20.5. The zero-order chi connectivity index (χ0) is 21.5. The Morgan fingerprint density at radius 3 is 2.83 bits per heavy atom. The molecule has 3 aromatic rings. The lowest BCUT2D eigenvalue weighted by atomic mass is 10.1. The summed E-state index contributed by atoms with van der Waals surface area (Å²) in [6.45, 7) is 2.08. The molecule has 0 unspecified atom stereocenters. The summed E-state index contributed by atoms with van der Waals surface area (Å²) in [5, 5.41) is 22.6. The summed E-state index contributed by atoms with van der Waals surface area (Å²) < 4.78 is 11.0. The van der Waals surface area contributed by atoms with Crippen molar-refractivity contribution >= 4 is 17.9 Å². The lowest BCUT2D eigenvalue weighted by Crippen LogP contribution is -2.10. The highest BCUT2D eigenvalue weighted by atomic mass is 16.6. The molecule has 11 heteroatoms. The summed E-state index contributed by atoms with van der Waals surface area (Å²) in [7, 11) is 1.39. The van der Waals surface area contributed by atoms with Crippen LogP contribution in [0.1, 0.15) is 16.7 Å². The molecule has 11 nitrogen and oxygen atoms in total. The normalized spacial score (nSPS) is 10.7. The number of aromatic nitrogens is 3. The number of hydrazone groups is 1. The van der Waals surface area contributed by atoms with E-state index in [2.05, 4.69) is 25.7 Å². The second kappa shape index (κ2) is 9.28. The fourth-order valence-electron chi connectivity index (χ4n) is 2.57. The van der Waals surface area contributed by atoms with Crippen LogP contribution in [-0.2, 0) is 6.61 Å². The molecule has 0 saturated heterocycles. The highest BCUT2D eigenvalue weighted by molar-refractivity contribution is 5.83. The summed E-state index contributed by atoms with van der Waals surface area (Å²) in [6.07, 6.45) is 2.33. The minimum Gasteiger partial charge on any atom is -0.493 e. The molecule has 0 aliphatic carbocycles.